The normalized spacial score (nSPS) is 10.5. The molecule has 5 heteroatoms. The quantitative estimate of drug-likeness (QED) is 0.552. The topological polar surface area (TPSA) is 47.0 Å². The van der Waals surface area contributed by atoms with E-state index in [9.17, 15) is 0 Å². The summed E-state index contributed by atoms with van der Waals surface area (Å²) in [7, 11) is 0. The monoisotopic (exact) mass is 345 g/mol. The predicted molar refractivity (Wildman–Crippen MR) is 85.9 cm³/mol. The van der Waals surface area contributed by atoms with Crippen molar-refractivity contribution in [1.82, 2.24) is 7.96 Å². The maximum absolute atomic E-state index is 5.67. The summed E-state index contributed by atoms with van der Waals surface area (Å²) in [5.74, 6) is 0.878. The fourth-order valence-electron chi connectivity index (χ4n) is 2.08. The van der Waals surface area contributed by atoms with Gasteiger partial charge in [0.2, 0.25) is 0 Å². The molecule has 1 aromatic heterocycles. The summed E-state index contributed by atoms with van der Waals surface area (Å²) in [4.78, 5) is 0. The minimum absolute atomic E-state index is 0.00883. The Hall–Kier alpha value is -2.10. The molecule has 0 saturated heterocycles. The van der Waals surface area contributed by atoms with Crippen LogP contribution >= 0.6 is 0 Å². The number of anilines is 1. The van der Waals surface area contributed by atoms with Gasteiger partial charge in [0.05, 0.1) is 0 Å². The van der Waals surface area contributed by atoms with Gasteiger partial charge in [-0.15, -0.1) is 0 Å². The van der Waals surface area contributed by atoms with Crippen LogP contribution in [0.2, 0.25) is 0 Å². The molecule has 0 saturated carbocycles. The Bertz CT molecular complexity index is 754. The van der Waals surface area contributed by atoms with Crippen molar-refractivity contribution in [3.8, 4) is 5.75 Å². The van der Waals surface area contributed by atoms with Gasteiger partial charge in [0.1, 0.15) is 0 Å². The first-order valence-electron chi connectivity index (χ1n) is 6.65. The van der Waals surface area contributed by atoms with E-state index in [1.54, 1.807) is 6.08 Å². The molecule has 0 fully saturated rings. The van der Waals surface area contributed by atoms with E-state index in [0.29, 0.717) is 13.2 Å². The molecule has 0 bridgehead atoms. The van der Waals surface area contributed by atoms with Crippen LogP contribution in [0.15, 0.2) is 55.1 Å². The van der Waals surface area contributed by atoms with Gasteiger partial charge in [-0.3, -0.25) is 0 Å². The third-order valence-corrected chi connectivity index (χ3v) is 4.22. The number of hydrogen-bond donors (Lipinski definition) is 1. The summed E-state index contributed by atoms with van der Waals surface area (Å²) < 4.78 is 14.5. The first-order chi connectivity index (χ1) is 10.4. The second-order valence-electron chi connectivity index (χ2n) is 4.50. The number of hydrogen-bond acceptors (Lipinski definition) is 4. The zero-order valence-electron chi connectivity index (χ0n) is 11.5. The summed E-state index contributed by atoms with van der Waals surface area (Å²) in [5.41, 5.74) is 4.09. The van der Waals surface area contributed by atoms with Crippen molar-refractivity contribution >= 4 is 31.7 Å². The molecule has 0 atom stereocenters. The van der Waals surface area contributed by atoms with Crippen LogP contribution in [-0.4, -0.2) is 29.5 Å². The van der Waals surface area contributed by atoms with Gasteiger partial charge >= 0.3 is 129 Å². The Morgan fingerprint density at radius 2 is 2.05 bits per heavy atom. The fourth-order valence-corrected chi connectivity index (χ4v) is 3.23. The molecule has 0 spiro atoms. The van der Waals surface area contributed by atoms with E-state index in [1.807, 2.05) is 36.4 Å². The van der Waals surface area contributed by atoms with E-state index in [2.05, 4.69) is 25.9 Å². The van der Waals surface area contributed by atoms with E-state index in [4.69, 9.17) is 4.74 Å². The molecule has 3 aromatic rings. The third-order valence-electron chi connectivity index (χ3n) is 3.08. The average molecular weight is 344 g/mol. The predicted octanol–water partition coefficient (Wildman–Crippen LogP) is 2.86. The summed E-state index contributed by atoms with van der Waals surface area (Å²) in [6.45, 7) is 4.87. The van der Waals surface area contributed by atoms with Crippen LogP contribution in [0.5, 0.6) is 5.75 Å². The molecular formula is C16H15N3OSe. The number of para-hydroxylation sites is 1. The van der Waals surface area contributed by atoms with Crippen LogP contribution in [0.3, 0.4) is 0 Å². The van der Waals surface area contributed by atoms with Crippen molar-refractivity contribution in [3.05, 3.63) is 60.7 Å². The molecule has 1 heterocycles. The summed E-state index contributed by atoms with van der Waals surface area (Å²) in [6, 6.07) is 14.0. The molecule has 0 radical (unpaired) electrons. The molecule has 0 aliphatic rings. The molecule has 0 aliphatic heterocycles. The molecule has 2 aromatic carbocycles. The van der Waals surface area contributed by atoms with Crippen molar-refractivity contribution < 1.29 is 4.74 Å². The average Bonchev–Trinajstić information content (AvgIpc) is 3.01. The Labute approximate surface area is 129 Å². The number of nitrogens with zero attached hydrogens (tertiary/aromatic N) is 2. The van der Waals surface area contributed by atoms with Crippen molar-refractivity contribution in [1.29, 1.82) is 0 Å². The molecule has 4 nitrogen and oxygen atoms in total. The molecule has 0 aliphatic carbocycles. The van der Waals surface area contributed by atoms with E-state index in [-0.39, 0.29) is 15.0 Å². The summed E-state index contributed by atoms with van der Waals surface area (Å²) >= 11 is -0.00883. The van der Waals surface area contributed by atoms with Crippen LogP contribution < -0.4 is 10.1 Å². The van der Waals surface area contributed by atoms with E-state index < -0.39 is 0 Å². The van der Waals surface area contributed by atoms with Crippen molar-refractivity contribution in [2.75, 3.05) is 11.9 Å². The zero-order chi connectivity index (χ0) is 14.5. The van der Waals surface area contributed by atoms with Gasteiger partial charge in [-0.25, -0.2) is 0 Å². The number of aromatic nitrogens is 2. The zero-order valence-corrected chi connectivity index (χ0v) is 13.2. The fraction of sp³-hybridized carbons (Fsp3) is 0.125. The van der Waals surface area contributed by atoms with Crippen LogP contribution in [0.4, 0.5) is 5.69 Å². The van der Waals surface area contributed by atoms with Gasteiger partial charge < -0.3 is 0 Å². The van der Waals surface area contributed by atoms with Crippen molar-refractivity contribution in [2.24, 2.45) is 0 Å². The third kappa shape index (κ3) is 3.15. The maximum atomic E-state index is 5.67. The van der Waals surface area contributed by atoms with Gasteiger partial charge in [-0.1, -0.05) is 0 Å². The number of rotatable bonds is 6. The Morgan fingerprint density at radius 1 is 1.14 bits per heavy atom. The van der Waals surface area contributed by atoms with Gasteiger partial charge in [-0.2, -0.15) is 0 Å². The summed E-state index contributed by atoms with van der Waals surface area (Å²) in [5, 5.41) is 3.43. The van der Waals surface area contributed by atoms with Crippen molar-refractivity contribution in [2.45, 2.75) is 6.54 Å². The standard InChI is InChI=1S/C16H15N3OSe/c1-2-10-20-15-9-4-3-6-12(15)11-17-13-7-5-8-14-16(13)19-21-18-14/h2-9,17H,1,10-11H2. The van der Waals surface area contributed by atoms with Crippen LogP contribution in [0.1, 0.15) is 5.56 Å². The van der Waals surface area contributed by atoms with Gasteiger partial charge in [0.25, 0.3) is 0 Å². The van der Waals surface area contributed by atoms with Crippen LogP contribution in [0, 0.1) is 0 Å². The molecule has 1 N–H and O–H groups in total. The first kappa shape index (κ1) is 13.9. The second-order valence-corrected chi connectivity index (χ2v) is 5.61. The number of fused-ring (bicyclic) bond motifs is 1. The molecule has 106 valence electrons. The van der Waals surface area contributed by atoms with E-state index in [1.165, 1.54) is 0 Å². The van der Waals surface area contributed by atoms with Crippen LogP contribution in [-0.2, 0) is 6.54 Å². The number of ether oxygens (including phenoxy) is 1. The van der Waals surface area contributed by atoms with Gasteiger partial charge in [-0.05, 0) is 0 Å². The van der Waals surface area contributed by atoms with E-state index >= 15 is 0 Å². The van der Waals surface area contributed by atoms with Gasteiger partial charge in [0.15, 0.2) is 0 Å². The van der Waals surface area contributed by atoms with E-state index in [0.717, 1.165) is 28.0 Å². The molecule has 21 heavy (non-hydrogen) atoms. The first-order valence-corrected chi connectivity index (χ1v) is 8.18. The van der Waals surface area contributed by atoms with Crippen molar-refractivity contribution in [3.63, 3.8) is 0 Å². The number of nitrogens with one attached hydrogen (secondary N) is 1. The minimum atomic E-state index is -0.00883. The summed E-state index contributed by atoms with van der Waals surface area (Å²) in [6.07, 6.45) is 1.75. The molecule has 3 rings (SSSR count). The van der Waals surface area contributed by atoms with Crippen LogP contribution in [0.25, 0.3) is 11.0 Å². The Kier molecular flexibility index (Phi) is 4.34. The molecular weight excluding hydrogens is 329 g/mol. The second kappa shape index (κ2) is 6.57. The molecule has 0 amide bonds. The van der Waals surface area contributed by atoms with Gasteiger partial charge in [0, 0.05) is 0 Å². The SMILES string of the molecule is C=CCOc1ccccc1CNc1cccc2n[se]nc12. The number of benzene rings is 2. The molecule has 0 unspecified atom stereocenters. The Balaban J connectivity index is 1.78. The Morgan fingerprint density at radius 3 is 2.95 bits per heavy atom.